The number of methoxy groups -OCH3 is 1. The summed E-state index contributed by atoms with van der Waals surface area (Å²) >= 11 is 0. The van der Waals surface area contributed by atoms with Gasteiger partial charge in [-0.1, -0.05) is 19.1 Å². The highest BCUT2D eigenvalue weighted by Gasteiger charge is 2.01. The fraction of sp³-hybridized carbons (Fsp3) is 0.278. The molecular weight excluding hydrogens is 292 g/mol. The standard InChI is InChI=1S/C18H22N2O3/c1-3-14-4-8-17(9-5-14)23-13-12-19-18(21)20-15-6-10-16(22-2)11-7-15/h4-11H,3,12-13H2,1-2H3,(H2,19,20,21). The van der Waals surface area contributed by atoms with Crippen LogP contribution in [0.3, 0.4) is 0 Å². The van der Waals surface area contributed by atoms with E-state index in [4.69, 9.17) is 9.47 Å². The molecule has 0 unspecified atom stereocenters. The number of rotatable bonds is 7. The van der Waals surface area contributed by atoms with E-state index in [1.807, 2.05) is 24.3 Å². The van der Waals surface area contributed by atoms with Crippen LogP contribution in [0.1, 0.15) is 12.5 Å². The van der Waals surface area contributed by atoms with Gasteiger partial charge in [0.25, 0.3) is 0 Å². The van der Waals surface area contributed by atoms with E-state index in [1.54, 1.807) is 31.4 Å². The molecule has 2 amide bonds. The van der Waals surface area contributed by atoms with Crippen molar-refractivity contribution >= 4 is 11.7 Å². The van der Waals surface area contributed by atoms with Crippen molar-refractivity contribution in [2.45, 2.75) is 13.3 Å². The predicted molar refractivity (Wildman–Crippen MR) is 91.3 cm³/mol. The Labute approximate surface area is 136 Å². The molecule has 0 aliphatic heterocycles. The molecule has 0 heterocycles. The van der Waals surface area contributed by atoms with Gasteiger partial charge >= 0.3 is 6.03 Å². The lowest BCUT2D eigenvalue weighted by Crippen LogP contribution is -2.32. The Kier molecular flexibility index (Phi) is 6.29. The molecule has 0 bridgehead atoms. The maximum Gasteiger partial charge on any atom is 0.319 e. The third kappa shape index (κ3) is 5.54. The van der Waals surface area contributed by atoms with Gasteiger partial charge in [0, 0.05) is 5.69 Å². The minimum Gasteiger partial charge on any atom is -0.497 e. The van der Waals surface area contributed by atoms with Crippen molar-refractivity contribution in [2.75, 3.05) is 25.6 Å². The van der Waals surface area contributed by atoms with Gasteiger partial charge in [-0.2, -0.15) is 0 Å². The van der Waals surface area contributed by atoms with Gasteiger partial charge in [0.15, 0.2) is 0 Å². The third-order valence-electron chi connectivity index (χ3n) is 3.34. The summed E-state index contributed by atoms with van der Waals surface area (Å²) < 4.78 is 10.6. The Bertz CT molecular complexity index is 609. The monoisotopic (exact) mass is 314 g/mol. The molecule has 0 spiro atoms. The molecule has 0 aliphatic carbocycles. The number of carbonyl (C=O) groups is 1. The number of hydrogen-bond donors (Lipinski definition) is 2. The first-order valence-corrected chi connectivity index (χ1v) is 7.62. The van der Waals surface area contributed by atoms with Crippen molar-refractivity contribution in [3.63, 3.8) is 0 Å². The van der Waals surface area contributed by atoms with Crippen LogP contribution in [0.2, 0.25) is 0 Å². The first-order valence-electron chi connectivity index (χ1n) is 7.62. The molecule has 0 aliphatic rings. The molecule has 2 aromatic carbocycles. The SMILES string of the molecule is CCc1ccc(OCCNC(=O)Nc2ccc(OC)cc2)cc1. The molecule has 2 rings (SSSR count). The maximum absolute atomic E-state index is 11.8. The van der Waals surface area contributed by atoms with Crippen molar-refractivity contribution < 1.29 is 14.3 Å². The number of carbonyl (C=O) groups excluding carboxylic acids is 1. The van der Waals surface area contributed by atoms with Crippen LogP contribution in [-0.2, 0) is 6.42 Å². The van der Waals surface area contributed by atoms with Gasteiger partial charge in [-0.05, 0) is 48.4 Å². The van der Waals surface area contributed by atoms with Crippen LogP contribution in [0.5, 0.6) is 11.5 Å². The summed E-state index contributed by atoms with van der Waals surface area (Å²) in [5, 5.41) is 5.49. The fourth-order valence-corrected chi connectivity index (χ4v) is 2.00. The number of aryl methyl sites for hydroxylation is 1. The zero-order valence-electron chi connectivity index (χ0n) is 13.5. The third-order valence-corrected chi connectivity index (χ3v) is 3.34. The summed E-state index contributed by atoms with van der Waals surface area (Å²) in [4.78, 5) is 11.8. The Balaban J connectivity index is 1.67. The van der Waals surface area contributed by atoms with Crippen molar-refractivity contribution in [1.29, 1.82) is 0 Å². The van der Waals surface area contributed by atoms with Crippen molar-refractivity contribution in [3.05, 3.63) is 54.1 Å². The van der Waals surface area contributed by atoms with Gasteiger partial charge in [-0.3, -0.25) is 0 Å². The number of ether oxygens (including phenoxy) is 2. The van der Waals surface area contributed by atoms with Gasteiger partial charge in [0.2, 0.25) is 0 Å². The molecule has 0 saturated heterocycles. The molecule has 0 atom stereocenters. The van der Waals surface area contributed by atoms with E-state index in [0.29, 0.717) is 18.8 Å². The van der Waals surface area contributed by atoms with Crippen LogP contribution in [0, 0.1) is 0 Å². The van der Waals surface area contributed by atoms with Gasteiger partial charge in [0.05, 0.1) is 13.7 Å². The Morgan fingerprint density at radius 3 is 2.26 bits per heavy atom. The molecule has 2 N–H and O–H groups in total. The number of benzene rings is 2. The van der Waals surface area contributed by atoms with E-state index >= 15 is 0 Å². The topological polar surface area (TPSA) is 59.6 Å². The van der Waals surface area contributed by atoms with Gasteiger partial charge in [-0.15, -0.1) is 0 Å². The number of amides is 2. The summed E-state index contributed by atoms with van der Waals surface area (Å²) in [5.74, 6) is 1.55. The maximum atomic E-state index is 11.8. The first kappa shape index (κ1) is 16.7. The molecule has 0 saturated carbocycles. The van der Waals surface area contributed by atoms with E-state index in [2.05, 4.69) is 17.6 Å². The van der Waals surface area contributed by atoms with Crippen LogP contribution >= 0.6 is 0 Å². The molecule has 0 fully saturated rings. The minimum atomic E-state index is -0.264. The Hall–Kier alpha value is -2.69. The Morgan fingerprint density at radius 1 is 1.00 bits per heavy atom. The normalized spacial score (nSPS) is 10.0. The molecule has 5 heteroatoms. The number of hydrogen-bond acceptors (Lipinski definition) is 3. The summed E-state index contributed by atoms with van der Waals surface area (Å²) in [6.07, 6.45) is 1.01. The molecule has 0 aromatic heterocycles. The molecule has 122 valence electrons. The molecular formula is C18H22N2O3. The van der Waals surface area contributed by atoms with Crippen LogP contribution in [-0.4, -0.2) is 26.3 Å². The smallest absolute Gasteiger partial charge is 0.319 e. The largest absolute Gasteiger partial charge is 0.497 e. The van der Waals surface area contributed by atoms with Crippen molar-refractivity contribution in [2.24, 2.45) is 0 Å². The van der Waals surface area contributed by atoms with E-state index in [-0.39, 0.29) is 6.03 Å². The van der Waals surface area contributed by atoms with E-state index in [1.165, 1.54) is 5.56 Å². The molecule has 23 heavy (non-hydrogen) atoms. The zero-order chi connectivity index (χ0) is 16.5. The quantitative estimate of drug-likeness (QED) is 0.770. The average Bonchev–Trinajstić information content (AvgIpc) is 2.60. The van der Waals surface area contributed by atoms with Gasteiger partial charge in [-0.25, -0.2) is 4.79 Å². The highest BCUT2D eigenvalue weighted by molar-refractivity contribution is 5.89. The second-order valence-electron chi connectivity index (χ2n) is 4.96. The average molecular weight is 314 g/mol. The highest BCUT2D eigenvalue weighted by atomic mass is 16.5. The molecule has 0 radical (unpaired) electrons. The molecule has 5 nitrogen and oxygen atoms in total. The summed E-state index contributed by atoms with van der Waals surface area (Å²) in [6.45, 7) is 2.96. The second kappa shape index (κ2) is 8.68. The van der Waals surface area contributed by atoms with Crippen LogP contribution < -0.4 is 20.1 Å². The fourth-order valence-electron chi connectivity index (χ4n) is 2.00. The summed E-state index contributed by atoms with van der Waals surface area (Å²) in [7, 11) is 1.60. The van der Waals surface area contributed by atoms with E-state index in [0.717, 1.165) is 17.9 Å². The van der Waals surface area contributed by atoms with E-state index < -0.39 is 0 Å². The van der Waals surface area contributed by atoms with Crippen LogP contribution in [0.15, 0.2) is 48.5 Å². The lowest BCUT2D eigenvalue weighted by atomic mass is 10.2. The lowest BCUT2D eigenvalue weighted by molar-refractivity contribution is 0.247. The van der Waals surface area contributed by atoms with Crippen molar-refractivity contribution in [1.82, 2.24) is 5.32 Å². The number of anilines is 1. The second-order valence-corrected chi connectivity index (χ2v) is 4.96. The zero-order valence-corrected chi connectivity index (χ0v) is 13.5. The number of urea groups is 1. The summed E-state index contributed by atoms with van der Waals surface area (Å²) in [6, 6.07) is 14.8. The van der Waals surface area contributed by atoms with Gasteiger partial charge < -0.3 is 20.1 Å². The Morgan fingerprint density at radius 2 is 1.65 bits per heavy atom. The predicted octanol–water partition coefficient (Wildman–Crippen LogP) is 3.46. The first-order chi connectivity index (χ1) is 11.2. The lowest BCUT2D eigenvalue weighted by Gasteiger charge is -2.10. The van der Waals surface area contributed by atoms with Gasteiger partial charge in [0.1, 0.15) is 18.1 Å². The van der Waals surface area contributed by atoms with Crippen LogP contribution in [0.4, 0.5) is 10.5 Å². The summed E-state index contributed by atoms with van der Waals surface area (Å²) in [5.41, 5.74) is 1.98. The minimum absolute atomic E-state index is 0.264. The van der Waals surface area contributed by atoms with E-state index in [9.17, 15) is 4.79 Å². The van der Waals surface area contributed by atoms with Crippen molar-refractivity contribution in [3.8, 4) is 11.5 Å². The highest BCUT2D eigenvalue weighted by Crippen LogP contribution is 2.15. The molecule has 2 aromatic rings. The number of nitrogens with one attached hydrogen (secondary N) is 2. The van der Waals surface area contributed by atoms with Crippen LogP contribution in [0.25, 0.3) is 0 Å².